The molecular weight excluding hydrogens is 316 g/mol. The molecule has 0 unspecified atom stereocenters. The minimum atomic E-state index is -0.706. The molecular formula is C19H26N4O2. The molecule has 1 saturated carbocycles. The van der Waals surface area contributed by atoms with Crippen LogP contribution >= 0.6 is 0 Å². The molecule has 1 atom stereocenters. The summed E-state index contributed by atoms with van der Waals surface area (Å²) in [7, 11) is 1.67. The molecule has 0 bridgehead atoms. The summed E-state index contributed by atoms with van der Waals surface area (Å²) < 4.78 is 5.19. The van der Waals surface area contributed by atoms with Crippen molar-refractivity contribution in [2.45, 2.75) is 25.3 Å². The summed E-state index contributed by atoms with van der Waals surface area (Å²) in [6, 6.07) is 10.3. The largest absolute Gasteiger partial charge is 0.497 e. The molecule has 1 heterocycles. The molecule has 1 aromatic carbocycles. The Morgan fingerprint density at radius 2 is 1.92 bits per heavy atom. The average Bonchev–Trinajstić information content (AvgIpc) is 3.48. The quantitative estimate of drug-likeness (QED) is 0.851. The van der Waals surface area contributed by atoms with Crippen LogP contribution in [0.2, 0.25) is 0 Å². The highest BCUT2D eigenvalue weighted by atomic mass is 16.5. The maximum absolute atomic E-state index is 12.3. The number of carbonyl (C=O) groups is 1. The first-order valence-corrected chi connectivity index (χ1v) is 8.87. The van der Waals surface area contributed by atoms with Gasteiger partial charge in [0.15, 0.2) is 0 Å². The Hall–Kier alpha value is -2.26. The lowest BCUT2D eigenvalue weighted by molar-refractivity contribution is -0.123. The van der Waals surface area contributed by atoms with Crippen molar-refractivity contribution in [3.8, 4) is 11.8 Å². The van der Waals surface area contributed by atoms with Gasteiger partial charge in [0.1, 0.15) is 11.3 Å². The Bertz CT molecular complexity index is 642. The van der Waals surface area contributed by atoms with E-state index in [1.165, 1.54) is 5.69 Å². The van der Waals surface area contributed by atoms with Crippen LogP contribution in [-0.2, 0) is 4.79 Å². The first kappa shape index (κ1) is 17.6. The summed E-state index contributed by atoms with van der Waals surface area (Å²) in [4.78, 5) is 16.8. The summed E-state index contributed by atoms with van der Waals surface area (Å²) in [6.45, 7) is 5.65. The Morgan fingerprint density at radius 3 is 2.44 bits per heavy atom. The van der Waals surface area contributed by atoms with Gasteiger partial charge in [0.25, 0.3) is 0 Å². The average molecular weight is 342 g/mol. The highest BCUT2D eigenvalue weighted by molar-refractivity contribution is 5.79. The zero-order chi connectivity index (χ0) is 17.9. The minimum Gasteiger partial charge on any atom is -0.497 e. The van der Waals surface area contributed by atoms with E-state index in [9.17, 15) is 10.1 Å². The lowest BCUT2D eigenvalue weighted by atomic mass is 9.98. The predicted molar refractivity (Wildman–Crippen MR) is 96.5 cm³/mol. The van der Waals surface area contributed by atoms with Gasteiger partial charge in [0.2, 0.25) is 5.91 Å². The van der Waals surface area contributed by atoms with E-state index in [1.54, 1.807) is 7.11 Å². The number of benzene rings is 1. The van der Waals surface area contributed by atoms with Crippen molar-refractivity contribution in [2.75, 3.05) is 44.7 Å². The van der Waals surface area contributed by atoms with E-state index in [2.05, 4.69) is 33.3 Å². The SMILES string of the molecule is COc1ccc(N2CCN(CC(=O)N[C@@](C)(C#N)C3CC3)CC2)cc1. The maximum atomic E-state index is 12.3. The number of anilines is 1. The number of hydrogen-bond acceptors (Lipinski definition) is 5. The van der Waals surface area contributed by atoms with Crippen LogP contribution in [0.5, 0.6) is 5.75 Å². The highest BCUT2D eigenvalue weighted by Gasteiger charge is 2.43. The van der Waals surface area contributed by atoms with Crippen LogP contribution < -0.4 is 15.0 Å². The third-order valence-corrected chi connectivity index (χ3v) is 5.20. The topological polar surface area (TPSA) is 68.6 Å². The van der Waals surface area contributed by atoms with Crippen LogP contribution in [0.4, 0.5) is 5.69 Å². The lowest BCUT2D eigenvalue weighted by Crippen LogP contribution is -2.53. The van der Waals surface area contributed by atoms with Gasteiger partial charge in [-0.15, -0.1) is 0 Å². The number of amides is 1. The second-order valence-electron chi connectivity index (χ2n) is 7.10. The van der Waals surface area contributed by atoms with Crippen LogP contribution in [0, 0.1) is 17.2 Å². The van der Waals surface area contributed by atoms with Gasteiger partial charge in [-0.1, -0.05) is 0 Å². The fraction of sp³-hybridized carbons (Fsp3) is 0.579. The van der Waals surface area contributed by atoms with E-state index in [1.807, 2.05) is 19.1 Å². The Kier molecular flexibility index (Phi) is 5.14. The summed E-state index contributed by atoms with van der Waals surface area (Å²) in [5.74, 6) is 1.12. The van der Waals surface area contributed by atoms with E-state index in [0.29, 0.717) is 12.5 Å². The molecule has 0 radical (unpaired) electrons. The predicted octanol–water partition coefficient (Wildman–Crippen LogP) is 1.63. The highest BCUT2D eigenvalue weighted by Crippen LogP contribution is 2.39. The molecule has 1 saturated heterocycles. The van der Waals surface area contributed by atoms with E-state index in [4.69, 9.17) is 4.74 Å². The number of carbonyl (C=O) groups excluding carboxylic acids is 1. The number of rotatable bonds is 6. The van der Waals surface area contributed by atoms with Crippen molar-refractivity contribution < 1.29 is 9.53 Å². The van der Waals surface area contributed by atoms with Crippen LogP contribution in [0.1, 0.15) is 19.8 Å². The first-order chi connectivity index (χ1) is 12.0. The van der Waals surface area contributed by atoms with Gasteiger partial charge in [0.05, 0.1) is 19.7 Å². The van der Waals surface area contributed by atoms with Gasteiger partial charge in [-0.25, -0.2) is 0 Å². The molecule has 0 spiro atoms. The molecule has 6 nitrogen and oxygen atoms in total. The van der Waals surface area contributed by atoms with Crippen molar-refractivity contribution in [3.63, 3.8) is 0 Å². The maximum Gasteiger partial charge on any atom is 0.235 e. The van der Waals surface area contributed by atoms with Crippen LogP contribution in [0.3, 0.4) is 0 Å². The van der Waals surface area contributed by atoms with Gasteiger partial charge in [-0.2, -0.15) is 5.26 Å². The third kappa shape index (κ3) is 4.23. The Balaban J connectivity index is 1.47. The third-order valence-electron chi connectivity index (χ3n) is 5.20. The molecule has 1 N–H and O–H groups in total. The molecule has 1 aliphatic carbocycles. The number of nitrogens with zero attached hydrogens (tertiary/aromatic N) is 3. The number of nitriles is 1. The standard InChI is InChI=1S/C19H26N4O2/c1-19(14-20,15-3-4-15)21-18(24)13-22-9-11-23(12-10-22)16-5-7-17(25-2)8-6-16/h5-8,15H,3-4,9-13H2,1-2H3,(H,21,24)/t19-/m0/s1. The zero-order valence-electron chi connectivity index (χ0n) is 15.0. The number of nitrogens with one attached hydrogen (secondary N) is 1. The van der Waals surface area contributed by atoms with Crippen molar-refractivity contribution in [1.29, 1.82) is 5.26 Å². The van der Waals surface area contributed by atoms with Crippen molar-refractivity contribution in [1.82, 2.24) is 10.2 Å². The zero-order valence-corrected chi connectivity index (χ0v) is 15.0. The minimum absolute atomic E-state index is 0.0474. The van der Waals surface area contributed by atoms with Crippen molar-refractivity contribution in [3.05, 3.63) is 24.3 Å². The summed E-state index contributed by atoms with van der Waals surface area (Å²) in [5.41, 5.74) is 0.470. The monoisotopic (exact) mass is 342 g/mol. The number of methoxy groups -OCH3 is 1. The van der Waals surface area contributed by atoms with E-state index >= 15 is 0 Å². The second-order valence-corrected chi connectivity index (χ2v) is 7.10. The molecule has 1 amide bonds. The molecule has 1 aliphatic heterocycles. The van der Waals surface area contributed by atoms with Gasteiger partial charge in [-0.05, 0) is 49.9 Å². The summed E-state index contributed by atoms with van der Waals surface area (Å²) >= 11 is 0. The molecule has 1 aromatic rings. The van der Waals surface area contributed by atoms with Gasteiger partial charge in [0, 0.05) is 31.9 Å². The first-order valence-electron chi connectivity index (χ1n) is 8.87. The normalized spacial score (nSPS) is 20.4. The van der Waals surface area contributed by atoms with E-state index in [0.717, 1.165) is 44.8 Å². The number of ether oxygens (including phenoxy) is 1. The summed E-state index contributed by atoms with van der Waals surface area (Å²) in [6.07, 6.45) is 2.07. The Labute approximate surface area is 149 Å². The smallest absolute Gasteiger partial charge is 0.235 e. The van der Waals surface area contributed by atoms with Crippen LogP contribution in [-0.4, -0.2) is 56.2 Å². The van der Waals surface area contributed by atoms with Crippen LogP contribution in [0.25, 0.3) is 0 Å². The van der Waals surface area contributed by atoms with E-state index < -0.39 is 5.54 Å². The molecule has 2 fully saturated rings. The van der Waals surface area contributed by atoms with E-state index in [-0.39, 0.29) is 5.91 Å². The molecule has 6 heteroatoms. The molecule has 2 aliphatic rings. The summed E-state index contributed by atoms with van der Waals surface area (Å²) in [5, 5.41) is 12.3. The van der Waals surface area contributed by atoms with Crippen molar-refractivity contribution >= 4 is 11.6 Å². The van der Waals surface area contributed by atoms with Gasteiger partial charge < -0.3 is 15.0 Å². The lowest BCUT2D eigenvalue weighted by Gasteiger charge is -2.36. The number of piperazine rings is 1. The Morgan fingerprint density at radius 1 is 1.28 bits per heavy atom. The van der Waals surface area contributed by atoms with Gasteiger partial charge in [-0.3, -0.25) is 9.69 Å². The molecule has 25 heavy (non-hydrogen) atoms. The molecule has 3 rings (SSSR count). The number of hydrogen-bond donors (Lipinski definition) is 1. The fourth-order valence-corrected chi connectivity index (χ4v) is 3.37. The van der Waals surface area contributed by atoms with Crippen LogP contribution in [0.15, 0.2) is 24.3 Å². The molecule has 134 valence electrons. The fourth-order valence-electron chi connectivity index (χ4n) is 3.37. The molecule has 0 aromatic heterocycles. The van der Waals surface area contributed by atoms with Gasteiger partial charge >= 0.3 is 0 Å². The van der Waals surface area contributed by atoms with Crippen molar-refractivity contribution in [2.24, 2.45) is 5.92 Å². The second kappa shape index (κ2) is 7.32.